The van der Waals surface area contributed by atoms with Gasteiger partial charge in [0.25, 0.3) is 0 Å². The van der Waals surface area contributed by atoms with Crippen molar-refractivity contribution in [3.63, 3.8) is 0 Å². The average Bonchev–Trinajstić information content (AvgIpc) is 3.57. The molecule has 0 heterocycles. The lowest BCUT2D eigenvalue weighted by molar-refractivity contribution is -0.0701. The Morgan fingerprint density at radius 3 is 2.12 bits per heavy atom. The molecule has 342 valence electrons. The van der Waals surface area contributed by atoms with Crippen molar-refractivity contribution in [2.75, 3.05) is 47.1 Å². The maximum Gasteiger partial charge on any atom is 0.0704 e. The Morgan fingerprint density at radius 2 is 1.41 bits per heavy atom. The van der Waals surface area contributed by atoms with Crippen LogP contribution in [0.2, 0.25) is 0 Å². The summed E-state index contributed by atoms with van der Waals surface area (Å²) in [7, 11) is 4.32. The molecule has 0 aromatic rings. The topological polar surface area (TPSA) is 30.9 Å². The van der Waals surface area contributed by atoms with Crippen molar-refractivity contribution in [2.24, 2.45) is 46.3 Å². The lowest BCUT2D eigenvalue weighted by atomic mass is 9.47. The fraction of sp³-hybridized carbons (Fsp3) is 0.891. The van der Waals surface area contributed by atoms with E-state index in [1.54, 1.807) is 5.57 Å². The lowest BCUT2D eigenvalue weighted by Gasteiger charge is -2.58. The first kappa shape index (κ1) is 50.7. The van der Waals surface area contributed by atoms with Gasteiger partial charge in [0.05, 0.1) is 38.6 Å². The van der Waals surface area contributed by atoms with E-state index in [9.17, 15) is 0 Å². The number of allylic oxidation sites excluding steroid dienone is 5. The summed E-state index contributed by atoms with van der Waals surface area (Å²) in [5.41, 5.74) is 2.70. The molecule has 0 spiro atoms. The van der Waals surface area contributed by atoms with Gasteiger partial charge in [0.15, 0.2) is 0 Å². The number of hydrogen-bond donors (Lipinski definition) is 0. The monoisotopic (exact) mass is 822 g/mol. The highest BCUT2D eigenvalue weighted by Crippen LogP contribution is 2.67. The zero-order chi connectivity index (χ0) is 42.4. The molecule has 4 heteroatoms. The molecular weight excluding hydrogens is 723 g/mol. The Kier molecular flexibility index (Phi) is 24.0. The zero-order valence-electron chi connectivity index (χ0n) is 40.6. The quantitative estimate of drug-likeness (QED) is 0.0500. The standard InChI is InChI=1S/C55H99NO3/c1-9-10-11-12-13-14-15-16-17-18-19-20-21-22-23-24-25-26-30-49(44-56(7)8)59-42-40-57-39-41-58-48-35-37-54(5)47(43-48)31-32-50-52-34-33-51(46(4)29-27-28-45(2)3)55(52,6)38-36-53(50)54/h13-14,16-17,31,45-46,48-53H,9-12,15,18-30,32-44H2,1-8H3/b14-13-,17-16-/t46?,48-,49?,50?,51?,52?,53?,54-,55+/m0/s1. The summed E-state index contributed by atoms with van der Waals surface area (Å²) >= 11 is 0. The van der Waals surface area contributed by atoms with E-state index >= 15 is 0 Å². The lowest BCUT2D eigenvalue weighted by Crippen LogP contribution is -2.51. The van der Waals surface area contributed by atoms with Gasteiger partial charge in [0, 0.05) is 6.54 Å². The number of fused-ring (bicyclic) bond motifs is 5. The van der Waals surface area contributed by atoms with Crippen LogP contribution in [0.4, 0.5) is 0 Å². The highest BCUT2D eigenvalue weighted by atomic mass is 16.5. The molecule has 59 heavy (non-hydrogen) atoms. The van der Waals surface area contributed by atoms with Crippen LogP contribution in [-0.4, -0.2) is 64.2 Å². The van der Waals surface area contributed by atoms with E-state index in [1.165, 1.54) is 148 Å². The van der Waals surface area contributed by atoms with Gasteiger partial charge >= 0.3 is 0 Å². The van der Waals surface area contributed by atoms with Gasteiger partial charge in [-0.15, -0.1) is 0 Å². The smallest absolute Gasteiger partial charge is 0.0704 e. The minimum absolute atomic E-state index is 0.297. The second kappa shape index (κ2) is 28.0. The van der Waals surface area contributed by atoms with E-state index in [0.717, 1.165) is 61.3 Å². The van der Waals surface area contributed by atoms with Crippen LogP contribution < -0.4 is 0 Å². The van der Waals surface area contributed by atoms with Crippen molar-refractivity contribution >= 4 is 0 Å². The number of likely N-dealkylation sites (N-methyl/N-ethyl adjacent to an activating group) is 1. The number of rotatable bonds is 32. The van der Waals surface area contributed by atoms with Crippen molar-refractivity contribution < 1.29 is 14.2 Å². The first-order valence-electron chi connectivity index (χ1n) is 26.0. The van der Waals surface area contributed by atoms with Crippen LogP contribution in [0.1, 0.15) is 208 Å². The molecule has 4 nitrogen and oxygen atoms in total. The summed E-state index contributed by atoms with van der Waals surface area (Å²) in [6, 6.07) is 0. The Morgan fingerprint density at radius 1 is 0.712 bits per heavy atom. The van der Waals surface area contributed by atoms with Crippen LogP contribution >= 0.6 is 0 Å². The molecule has 0 saturated heterocycles. The first-order valence-corrected chi connectivity index (χ1v) is 26.0. The van der Waals surface area contributed by atoms with Crippen LogP contribution in [0, 0.1) is 46.3 Å². The third kappa shape index (κ3) is 16.9. The van der Waals surface area contributed by atoms with E-state index in [2.05, 4.69) is 90.9 Å². The van der Waals surface area contributed by atoms with Crippen LogP contribution in [0.25, 0.3) is 0 Å². The van der Waals surface area contributed by atoms with Gasteiger partial charge in [-0.25, -0.2) is 0 Å². The first-order chi connectivity index (χ1) is 28.6. The van der Waals surface area contributed by atoms with Gasteiger partial charge in [0.1, 0.15) is 0 Å². The Hall–Kier alpha value is -0.940. The molecule has 0 aliphatic heterocycles. The van der Waals surface area contributed by atoms with Gasteiger partial charge in [-0.1, -0.05) is 155 Å². The maximum atomic E-state index is 6.49. The zero-order valence-corrected chi connectivity index (χ0v) is 40.6. The minimum Gasteiger partial charge on any atom is -0.377 e. The van der Waals surface area contributed by atoms with Gasteiger partial charge in [0.2, 0.25) is 0 Å². The van der Waals surface area contributed by atoms with Crippen molar-refractivity contribution in [1.82, 2.24) is 4.90 Å². The second-order valence-electron chi connectivity index (χ2n) is 21.5. The van der Waals surface area contributed by atoms with E-state index in [4.69, 9.17) is 14.2 Å². The van der Waals surface area contributed by atoms with Crippen LogP contribution in [0.5, 0.6) is 0 Å². The summed E-state index contributed by atoms with van der Waals surface area (Å²) < 4.78 is 18.9. The van der Waals surface area contributed by atoms with Gasteiger partial charge in [-0.3, -0.25) is 0 Å². The molecule has 0 N–H and O–H groups in total. The molecular formula is C55H99NO3. The Bertz CT molecular complexity index is 1190. The molecule has 9 atom stereocenters. The molecule has 0 radical (unpaired) electrons. The molecule has 0 amide bonds. The highest BCUT2D eigenvalue weighted by molar-refractivity contribution is 5.25. The predicted octanol–water partition coefficient (Wildman–Crippen LogP) is 15.4. The average molecular weight is 822 g/mol. The normalized spacial score (nSPS) is 29.3. The fourth-order valence-electron chi connectivity index (χ4n) is 12.8. The van der Waals surface area contributed by atoms with Crippen molar-refractivity contribution in [2.45, 2.75) is 221 Å². The third-order valence-electron chi connectivity index (χ3n) is 16.2. The fourth-order valence-corrected chi connectivity index (χ4v) is 12.8. The molecule has 0 aromatic heterocycles. The predicted molar refractivity (Wildman–Crippen MR) is 255 cm³/mol. The summed E-state index contributed by atoms with van der Waals surface area (Å²) in [5.74, 6) is 5.40. The molecule has 4 aliphatic rings. The third-order valence-corrected chi connectivity index (χ3v) is 16.2. The summed E-state index contributed by atoms with van der Waals surface area (Å²) in [4.78, 5) is 2.27. The largest absolute Gasteiger partial charge is 0.377 e. The summed E-state index contributed by atoms with van der Waals surface area (Å²) in [5, 5.41) is 0. The van der Waals surface area contributed by atoms with E-state index in [-0.39, 0.29) is 0 Å². The van der Waals surface area contributed by atoms with Crippen molar-refractivity contribution in [3.8, 4) is 0 Å². The van der Waals surface area contributed by atoms with Crippen LogP contribution in [0.15, 0.2) is 36.0 Å². The number of ether oxygens (including phenoxy) is 3. The van der Waals surface area contributed by atoms with Gasteiger partial charge in [-0.2, -0.15) is 0 Å². The van der Waals surface area contributed by atoms with E-state index in [1.807, 2.05) is 0 Å². The van der Waals surface area contributed by atoms with Crippen molar-refractivity contribution in [3.05, 3.63) is 36.0 Å². The van der Waals surface area contributed by atoms with E-state index in [0.29, 0.717) is 49.5 Å². The molecule has 3 saturated carbocycles. The minimum atomic E-state index is 0.297. The molecule has 6 unspecified atom stereocenters. The van der Waals surface area contributed by atoms with Crippen molar-refractivity contribution in [1.29, 1.82) is 0 Å². The Labute approximate surface area is 367 Å². The van der Waals surface area contributed by atoms with Gasteiger partial charge in [-0.05, 0) is 150 Å². The van der Waals surface area contributed by atoms with Crippen LogP contribution in [0.3, 0.4) is 0 Å². The molecule has 3 fully saturated rings. The SMILES string of the molecule is CCCCC/C=C\C/C=C\CCCCCCCCCCC(CN(C)C)OCCOCCO[C@H]1CC[C@@]2(C)C(=CCC3C4CCC(C(C)CCCC(C)C)[C@@]4(C)CCC32)C1. The number of nitrogens with zero attached hydrogens (tertiary/aromatic N) is 1. The maximum absolute atomic E-state index is 6.49. The molecule has 0 bridgehead atoms. The number of hydrogen-bond acceptors (Lipinski definition) is 4. The molecule has 4 aliphatic carbocycles. The second-order valence-corrected chi connectivity index (χ2v) is 21.5. The Balaban J connectivity index is 1.02. The molecule has 4 rings (SSSR count). The summed E-state index contributed by atoms with van der Waals surface area (Å²) in [6.07, 6.45) is 47.5. The summed E-state index contributed by atoms with van der Waals surface area (Å²) in [6.45, 7) is 18.7. The van der Waals surface area contributed by atoms with Gasteiger partial charge < -0.3 is 19.1 Å². The molecule has 0 aromatic carbocycles. The van der Waals surface area contributed by atoms with E-state index < -0.39 is 0 Å². The number of unbranched alkanes of at least 4 members (excludes halogenated alkanes) is 11. The highest BCUT2D eigenvalue weighted by Gasteiger charge is 2.59. The van der Waals surface area contributed by atoms with Crippen LogP contribution in [-0.2, 0) is 14.2 Å².